The smallest absolute Gasteiger partial charge is 0.0788 e. The van der Waals surface area contributed by atoms with Crippen molar-refractivity contribution in [1.29, 1.82) is 0 Å². The van der Waals surface area contributed by atoms with E-state index in [1.807, 2.05) is 0 Å². The van der Waals surface area contributed by atoms with E-state index < -0.39 is 0 Å². The zero-order chi connectivity index (χ0) is 90.5. The molecule has 7 aromatic heterocycles. The van der Waals surface area contributed by atoms with Gasteiger partial charge < -0.3 is 36.9 Å². The number of fused-ring (bicyclic) bond motifs is 26. The molecule has 28 aromatic rings. The highest BCUT2D eigenvalue weighted by Crippen LogP contribution is 2.52. The fraction of sp³-hybridized carbons (Fsp3) is 0.0233. The van der Waals surface area contributed by atoms with Crippen LogP contribution in [0.3, 0.4) is 0 Å². The standard InChI is InChI=1S/C48H33N3.C42H27N3.C39H28N2/c1-5-15-34(16-6-1)35-25-30-42-44-32-31-43-41-23-13-14-24-45(41)50(47(43)48(44)51(46(42)33-35)38-21-11-4-12-22-38)40-28-26-39(27-29-40)49(36-17-7-2-8-18-36)37-19-9-3-10-20-37;1-3-13-28(14-4-1)43-38-22-12-9-19-35(38)41-39(43)26-25-34-32-18-8-11-21-37(32)45(42(34)41)30-23-24-33-31-17-7-10-20-36(31)44(40(33)27-30)29-15-5-2-6-16-29;1-39(2)33-17-9-6-14-27(33)28-21-20-26(22-34(28)39)41-36-19-11-8-16-30(36)32-23-37-31(24-38(32)41)29-15-7-10-18-35(29)40(37)25-12-4-3-5-13-25/h1-33H;1-27H;3-24H,1-2H3. The quantitative estimate of drug-likeness (QED) is 0.127. The van der Waals surface area contributed by atoms with Gasteiger partial charge in [0.2, 0.25) is 0 Å². The number of rotatable bonds is 11. The first kappa shape index (κ1) is 78.8. The van der Waals surface area contributed by atoms with Gasteiger partial charge in [0.25, 0.3) is 0 Å². The van der Waals surface area contributed by atoms with E-state index in [1.165, 1.54) is 203 Å². The molecule has 0 spiro atoms. The predicted molar refractivity (Wildman–Crippen MR) is 577 cm³/mol. The molecule has 0 saturated heterocycles. The summed E-state index contributed by atoms with van der Waals surface area (Å²) in [5, 5.41) is 17.6. The van der Waals surface area contributed by atoms with Gasteiger partial charge in [-0.3, -0.25) is 0 Å². The number of hydrogen-bond donors (Lipinski definition) is 0. The van der Waals surface area contributed by atoms with Crippen LogP contribution in [0.5, 0.6) is 0 Å². The molecule has 1 aliphatic rings. The zero-order valence-corrected chi connectivity index (χ0v) is 75.4. The molecule has 0 saturated carbocycles. The van der Waals surface area contributed by atoms with E-state index in [2.05, 4.69) is 548 Å². The lowest BCUT2D eigenvalue weighted by Crippen LogP contribution is -2.15. The summed E-state index contributed by atoms with van der Waals surface area (Å²) in [5.74, 6) is 0. The molecule has 7 heterocycles. The minimum Gasteiger partial charge on any atom is -0.311 e. The third-order valence-electron chi connectivity index (χ3n) is 28.8. The van der Waals surface area contributed by atoms with Crippen molar-refractivity contribution in [1.82, 2.24) is 32.0 Å². The Morgan fingerprint density at radius 1 is 0.161 bits per heavy atom. The monoisotopic (exact) mass is 1750 g/mol. The molecule has 21 aromatic carbocycles. The van der Waals surface area contributed by atoms with Crippen molar-refractivity contribution in [2.75, 3.05) is 4.90 Å². The van der Waals surface area contributed by atoms with Crippen molar-refractivity contribution in [3.63, 3.8) is 0 Å². The molecule has 1 aliphatic carbocycles. The Hall–Kier alpha value is -18.0. The number of para-hydroxylation sites is 12. The van der Waals surface area contributed by atoms with Crippen LogP contribution in [-0.4, -0.2) is 32.0 Å². The second-order valence-electron chi connectivity index (χ2n) is 36.6. The average molecular weight is 1750 g/mol. The van der Waals surface area contributed by atoms with Gasteiger partial charge in [0.05, 0.1) is 77.2 Å². The summed E-state index contributed by atoms with van der Waals surface area (Å²) in [7, 11) is 0. The van der Waals surface area contributed by atoms with Crippen LogP contribution >= 0.6 is 0 Å². The minimum absolute atomic E-state index is 0.0446. The molecular formula is C129H88N8. The Kier molecular flexibility index (Phi) is 18.2. The van der Waals surface area contributed by atoms with Gasteiger partial charge in [-0.1, -0.05) is 329 Å². The van der Waals surface area contributed by atoms with Gasteiger partial charge in [-0.05, 0) is 215 Å². The second-order valence-corrected chi connectivity index (χ2v) is 36.6. The van der Waals surface area contributed by atoms with Crippen LogP contribution < -0.4 is 4.90 Å². The van der Waals surface area contributed by atoms with E-state index in [4.69, 9.17) is 0 Å². The first-order chi connectivity index (χ1) is 67.8. The summed E-state index contributed by atoms with van der Waals surface area (Å²) in [6, 6.07) is 180. The molecule has 0 amide bonds. The molecule has 0 radical (unpaired) electrons. The first-order valence-electron chi connectivity index (χ1n) is 47.3. The van der Waals surface area contributed by atoms with Crippen LogP contribution in [0.25, 0.3) is 215 Å². The lowest BCUT2D eigenvalue weighted by molar-refractivity contribution is 0.660. The van der Waals surface area contributed by atoms with Gasteiger partial charge in [-0.2, -0.15) is 0 Å². The van der Waals surface area contributed by atoms with Crippen molar-refractivity contribution in [3.8, 4) is 62.1 Å². The fourth-order valence-corrected chi connectivity index (χ4v) is 22.8. The predicted octanol–water partition coefficient (Wildman–Crippen LogP) is 34.2. The van der Waals surface area contributed by atoms with Gasteiger partial charge in [0.15, 0.2) is 0 Å². The minimum atomic E-state index is -0.0446. The van der Waals surface area contributed by atoms with Crippen molar-refractivity contribution in [3.05, 3.63) is 509 Å². The van der Waals surface area contributed by atoms with E-state index >= 15 is 0 Å². The lowest BCUT2D eigenvalue weighted by atomic mass is 9.82. The van der Waals surface area contributed by atoms with Crippen molar-refractivity contribution < 1.29 is 0 Å². The third-order valence-corrected chi connectivity index (χ3v) is 28.8. The maximum absolute atomic E-state index is 2.49. The molecule has 0 aliphatic heterocycles. The van der Waals surface area contributed by atoms with Crippen molar-refractivity contribution in [2.24, 2.45) is 0 Å². The van der Waals surface area contributed by atoms with E-state index in [0.717, 1.165) is 39.8 Å². The van der Waals surface area contributed by atoms with Crippen LogP contribution in [0.1, 0.15) is 25.0 Å². The molecule has 0 atom stereocenters. The third kappa shape index (κ3) is 12.4. The maximum Gasteiger partial charge on any atom is 0.0788 e. The summed E-state index contributed by atoms with van der Waals surface area (Å²) in [4.78, 5) is 2.31. The number of anilines is 3. The average Bonchev–Trinajstić information content (AvgIpc) is 1.54. The summed E-state index contributed by atoms with van der Waals surface area (Å²) in [5.41, 5.74) is 36.4. The van der Waals surface area contributed by atoms with Gasteiger partial charge in [0.1, 0.15) is 0 Å². The number of aromatic nitrogens is 7. The molecule has 137 heavy (non-hydrogen) atoms. The summed E-state index contributed by atoms with van der Waals surface area (Å²) in [6.07, 6.45) is 0. The SMILES string of the molecule is CC1(C)c2ccccc2-c2ccc(-n3c4ccccc4c4cc5c(cc43)c3ccccc3n5-c3ccccc3)cc21.c1ccc(-c2ccc3c4ccc5c6ccccc6n(-c6ccc(N(c7ccccc7)c7ccccc7)cc6)c5c4n(-c4ccccc4)c3c2)cc1.c1ccc(-n2c3ccccc3c3ccc(-n4c5ccccc5c5ccc6c(c7ccccc7n6-c6ccccc6)c54)cc32)cc1. The fourth-order valence-electron chi connectivity index (χ4n) is 22.8. The van der Waals surface area contributed by atoms with Gasteiger partial charge in [0, 0.05) is 138 Å². The molecule has 0 fully saturated rings. The number of benzene rings is 21. The summed E-state index contributed by atoms with van der Waals surface area (Å²) < 4.78 is 17.1. The van der Waals surface area contributed by atoms with Crippen molar-refractivity contribution >= 4 is 170 Å². The number of nitrogens with zero attached hydrogens (tertiary/aromatic N) is 8. The first-order valence-corrected chi connectivity index (χ1v) is 47.3. The van der Waals surface area contributed by atoms with Crippen LogP contribution in [-0.2, 0) is 5.41 Å². The van der Waals surface area contributed by atoms with Gasteiger partial charge in [-0.25, -0.2) is 0 Å². The van der Waals surface area contributed by atoms with Crippen LogP contribution in [0, 0.1) is 0 Å². The Balaban J connectivity index is 0.000000104. The van der Waals surface area contributed by atoms with E-state index in [1.54, 1.807) is 0 Å². The molecule has 0 unspecified atom stereocenters. The molecule has 8 heteroatoms. The molecule has 29 rings (SSSR count). The lowest BCUT2D eigenvalue weighted by Gasteiger charge is -2.25. The molecular weight excluding hydrogens is 1660 g/mol. The summed E-state index contributed by atoms with van der Waals surface area (Å²) in [6.45, 7) is 4.71. The largest absolute Gasteiger partial charge is 0.311 e. The highest BCUT2D eigenvalue weighted by Gasteiger charge is 2.36. The Morgan fingerprint density at radius 2 is 0.460 bits per heavy atom. The van der Waals surface area contributed by atoms with E-state index in [0.29, 0.717) is 0 Å². The highest BCUT2D eigenvalue weighted by atomic mass is 15.1. The molecule has 8 nitrogen and oxygen atoms in total. The topological polar surface area (TPSA) is 37.8 Å². The second kappa shape index (κ2) is 31.6. The van der Waals surface area contributed by atoms with Crippen LogP contribution in [0.2, 0.25) is 0 Å². The molecule has 644 valence electrons. The zero-order valence-electron chi connectivity index (χ0n) is 75.4. The Labute approximate surface area is 791 Å². The van der Waals surface area contributed by atoms with Crippen molar-refractivity contribution in [2.45, 2.75) is 19.3 Å². The summed E-state index contributed by atoms with van der Waals surface area (Å²) >= 11 is 0. The molecule has 0 bridgehead atoms. The van der Waals surface area contributed by atoms with E-state index in [9.17, 15) is 0 Å². The van der Waals surface area contributed by atoms with Crippen LogP contribution in [0.4, 0.5) is 17.1 Å². The van der Waals surface area contributed by atoms with E-state index in [-0.39, 0.29) is 5.41 Å². The Bertz CT molecular complexity index is 9610. The Morgan fingerprint density at radius 3 is 0.978 bits per heavy atom. The maximum atomic E-state index is 2.49. The van der Waals surface area contributed by atoms with Gasteiger partial charge >= 0.3 is 0 Å². The van der Waals surface area contributed by atoms with Crippen LogP contribution in [0.15, 0.2) is 497 Å². The number of hydrogen-bond acceptors (Lipinski definition) is 1. The normalized spacial score (nSPS) is 12.4. The van der Waals surface area contributed by atoms with Gasteiger partial charge in [-0.15, -0.1) is 0 Å². The molecule has 0 N–H and O–H groups in total. The highest BCUT2D eigenvalue weighted by molar-refractivity contribution is 6.28.